The molecule has 0 bridgehead atoms. The van der Waals surface area contributed by atoms with E-state index in [2.05, 4.69) is 95.2 Å². The van der Waals surface area contributed by atoms with Crippen LogP contribution in [0.4, 0.5) is 0 Å². The van der Waals surface area contributed by atoms with Crippen LogP contribution in [0.25, 0.3) is 0 Å². The molecule has 0 N–H and O–H groups in total. The Labute approximate surface area is 284 Å². The highest BCUT2D eigenvalue weighted by atomic mass is 28.3. The second kappa shape index (κ2) is 11.4. The Morgan fingerprint density at radius 1 is 0.617 bits per heavy atom. The summed E-state index contributed by atoms with van der Waals surface area (Å²) in [7, 11) is -3.15. The third-order valence-corrected chi connectivity index (χ3v) is 27.3. The van der Waals surface area contributed by atoms with E-state index in [1.807, 2.05) is 24.3 Å². The fourth-order valence-electron chi connectivity index (χ4n) is 11.9. The third kappa shape index (κ3) is 4.18. The van der Waals surface area contributed by atoms with Crippen molar-refractivity contribution in [3.05, 3.63) is 74.7 Å². The Bertz CT molecular complexity index is 1490. The molecule has 5 nitrogen and oxygen atoms in total. The summed E-state index contributed by atoms with van der Waals surface area (Å²) >= 11 is 0. The van der Waals surface area contributed by atoms with E-state index in [1.54, 1.807) is 7.11 Å². The Hall–Kier alpha value is -2.33. The van der Waals surface area contributed by atoms with Gasteiger partial charge in [0.1, 0.15) is 5.75 Å². The molecule has 0 unspecified atom stereocenters. The number of methoxy groups -OCH3 is 1. The van der Waals surface area contributed by atoms with Crippen LogP contribution in [0.1, 0.15) is 108 Å². The van der Waals surface area contributed by atoms with Crippen LogP contribution < -0.4 is 4.74 Å². The molecular weight excluding hydrogens is 617 g/mol. The molecule has 5 aliphatic rings. The lowest BCUT2D eigenvalue weighted by Gasteiger charge is -2.46. The topological polar surface area (TPSA) is 61.8 Å². The molecule has 1 fully saturated rings. The number of fused-ring (bicyclic) bond motifs is 2. The molecule has 0 aromatic heterocycles. The number of ether oxygens (including phenoxy) is 3. The minimum absolute atomic E-state index is 0.268. The molecule has 47 heavy (non-hydrogen) atoms. The van der Waals surface area contributed by atoms with Crippen molar-refractivity contribution in [3.8, 4) is 5.75 Å². The summed E-state index contributed by atoms with van der Waals surface area (Å²) < 4.78 is 20.2. The van der Waals surface area contributed by atoms with Crippen molar-refractivity contribution in [2.75, 3.05) is 7.11 Å². The molecule has 1 aromatic rings. The first-order valence-electron chi connectivity index (χ1n) is 18.0. The van der Waals surface area contributed by atoms with Gasteiger partial charge in [-0.3, -0.25) is 9.59 Å². The van der Waals surface area contributed by atoms with Gasteiger partial charge in [-0.15, -0.1) is 0 Å². The molecule has 254 valence electrons. The second-order valence-corrected chi connectivity index (χ2v) is 28.3. The highest BCUT2D eigenvalue weighted by Gasteiger charge is 2.75. The maximum Gasteiger partial charge on any atom is 0.187 e. The van der Waals surface area contributed by atoms with Crippen LogP contribution in [0.2, 0.25) is 33.2 Å². The first kappa shape index (κ1) is 34.5. The Balaban J connectivity index is 1.72. The standard InChI is InChI=1S/C40H56O5Si2/c1-22(2)46(23(3)4,24(5)6)36-32(41)18-29-20-40-35-30(19-33(42)37(35)47(25(7)8,26(9)10)27(11)12)21-39(40,34(29)36)44-38(45-40)28-14-16-31(43-13)17-15-28/h14-17,20-27,38H,18-19H2,1-13H3/t39-,40-/m1/s1. The van der Waals surface area contributed by atoms with E-state index in [4.69, 9.17) is 14.2 Å². The molecule has 0 radical (unpaired) electrons. The molecule has 1 aromatic carbocycles. The summed E-state index contributed by atoms with van der Waals surface area (Å²) in [4.78, 5) is 29.0. The van der Waals surface area contributed by atoms with Crippen molar-refractivity contribution in [2.24, 2.45) is 0 Å². The van der Waals surface area contributed by atoms with Crippen LogP contribution in [0.3, 0.4) is 0 Å². The minimum Gasteiger partial charge on any atom is -0.497 e. The van der Waals surface area contributed by atoms with Crippen LogP contribution >= 0.6 is 0 Å². The van der Waals surface area contributed by atoms with E-state index < -0.39 is 33.6 Å². The van der Waals surface area contributed by atoms with E-state index in [0.717, 1.165) is 44.0 Å². The highest BCUT2D eigenvalue weighted by molar-refractivity contribution is 6.94. The van der Waals surface area contributed by atoms with Crippen molar-refractivity contribution < 1.29 is 23.8 Å². The molecule has 1 saturated heterocycles. The number of hydrogen-bond acceptors (Lipinski definition) is 5. The van der Waals surface area contributed by atoms with E-state index in [0.29, 0.717) is 46.1 Å². The fraction of sp³-hybridized carbons (Fsp3) is 0.600. The third-order valence-electron chi connectivity index (χ3n) is 13.0. The quantitative estimate of drug-likeness (QED) is 0.232. The molecule has 4 aliphatic carbocycles. The Kier molecular flexibility index (Phi) is 8.35. The maximum atomic E-state index is 14.5. The number of carbonyl (C=O) groups is 2. The van der Waals surface area contributed by atoms with Gasteiger partial charge in [0.2, 0.25) is 0 Å². The molecule has 0 saturated carbocycles. The maximum absolute atomic E-state index is 14.5. The monoisotopic (exact) mass is 672 g/mol. The van der Waals surface area contributed by atoms with Gasteiger partial charge in [0.05, 0.1) is 23.3 Å². The van der Waals surface area contributed by atoms with Gasteiger partial charge in [0, 0.05) is 18.4 Å². The van der Waals surface area contributed by atoms with Gasteiger partial charge in [-0.25, -0.2) is 0 Å². The molecule has 1 heterocycles. The van der Waals surface area contributed by atoms with Gasteiger partial charge < -0.3 is 14.2 Å². The van der Waals surface area contributed by atoms with Gasteiger partial charge in [-0.05, 0) is 90.2 Å². The van der Waals surface area contributed by atoms with Gasteiger partial charge in [0.25, 0.3) is 0 Å². The molecule has 7 heteroatoms. The minimum atomic E-state index is -2.41. The summed E-state index contributed by atoms with van der Waals surface area (Å²) in [5.74, 6) is 1.31. The number of rotatable bonds is 10. The predicted octanol–water partition coefficient (Wildman–Crippen LogP) is 10.1. The van der Waals surface area contributed by atoms with Gasteiger partial charge in [-0.2, -0.15) is 0 Å². The number of carbonyl (C=O) groups excluding carboxylic acids is 2. The summed E-state index contributed by atoms with van der Waals surface area (Å²) in [5.41, 5.74) is 5.43. The van der Waals surface area contributed by atoms with Crippen LogP contribution in [-0.2, 0) is 19.1 Å². The van der Waals surface area contributed by atoms with Crippen LogP contribution in [0.15, 0.2) is 69.1 Å². The SMILES string of the molecule is COc1ccc(C2O[C@@]34C=C5CC(=O)C([Si](C(C)C)(C(C)C)C(C)C)=C5[C@@]3(C=C3CC(=O)C([Si](C(C)C)(C(C)C)C(C)C)=C34)O2)cc1. The predicted molar refractivity (Wildman–Crippen MR) is 195 cm³/mol. The zero-order valence-corrected chi connectivity index (χ0v) is 33.0. The molecular formula is C40H56O5Si2. The molecule has 6 rings (SSSR count). The number of ketones is 2. The van der Waals surface area contributed by atoms with Crippen molar-refractivity contribution in [1.29, 1.82) is 0 Å². The molecule has 1 aliphatic heterocycles. The lowest BCUT2D eigenvalue weighted by molar-refractivity contribution is -0.115. The van der Waals surface area contributed by atoms with Crippen LogP contribution in [0, 0.1) is 0 Å². The first-order valence-corrected chi connectivity index (χ1v) is 22.5. The van der Waals surface area contributed by atoms with Gasteiger partial charge >= 0.3 is 0 Å². The Morgan fingerprint density at radius 2 is 0.957 bits per heavy atom. The molecule has 0 amide bonds. The summed E-state index contributed by atoms with van der Waals surface area (Å²) in [6.07, 6.45) is 4.63. The number of allylic oxidation sites excluding steroid dienone is 2. The van der Waals surface area contributed by atoms with Crippen molar-refractivity contribution in [1.82, 2.24) is 0 Å². The van der Waals surface area contributed by atoms with Crippen LogP contribution in [0.5, 0.6) is 5.75 Å². The van der Waals surface area contributed by atoms with Gasteiger partial charge in [-0.1, -0.05) is 95.2 Å². The summed E-state index contributed by atoms with van der Waals surface area (Å²) in [6, 6.07) is 7.91. The molecule has 0 spiro atoms. The van der Waals surface area contributed by atoms with E-state index in [-0.39, 0.29) is 11.6 Å². The smallest absolute Gasteiger partial charge is 0.187 e. The lowest BCUT2D eigenvalue weighted by atomic mass is 9.83. The fourth-order valence-corrected chi connectivity index (χ4v) is 26.0. The van der Waals surface area contributed by atoms with Crippen molar-refractivity contribution >= 4 is 27.7 Å². The van der Waals surface area contributed by atoms with Gasteiger partial charge in [0.15, 0.2) is 29.1 Å². The Morgan fingerprint density at radius 3 is 1.26 bits per heavy atom. The average molecular weight is 673 g/mol. The first-order chi connectivity index (χ1) is 22.0. The van der Waals surface area contributed by atoms with Crippen LogP contribution in [-0.4, -0.2) is 46.0 Å². The zero-order chi connectivity index (χ0) is 34.6. The normalized spacial score (nSPS) is 26.2. The van der Waals surface area contributed by atoms with Crippen molar-refractivity contribution in [3.63, 3.8) is 0 Å². The molecule has 2 atom stereocenters. The van der Waals surface area contributed by atoms with E-state index in [9.17, 15) is 9.59 Å². The largest absolute Gasteiger partial charge is 0.497 e. The zero-order valence-electron chi connectivity index (χ0n) is 31.0. The van der Waals surface area contributed by atoms with Crippen molar-refractivity contribution in [2.45, 2.75) is 147 Å². The average Bonchev–Trinajstić information content (AvgIpc) is 3.68. The van der Waals surface area contributed by atoms with E-state index >= 15 is 0 Å². The second-order valence-electron chi connectivity index (χ2n) is 16.6. The number of hydrogen-bond donors (Lipinski definition) is 0. The van der Waals surface area contributed by atoms with E-state index in [1.165, 1.54) is 0 Å². The highest BCUT2D eigenvalue weighted by Crippen LogP contribution is 2.71. The summed E-state index contributed by atoms with van der Waals surface area (Å²) in [6.45, 7) is 28.0. The summed E-state index contributed by atoms with van der Waals surface area (Å²) in [5, 5.41) is 2.13. The number of benzene rings is 1. The lowest BCUT2D eigenvalue weighted by Crippen LogP contribution is -2.54. The number of Topliss-reactive ketones (excluding diaryl/α,β-unsaturated/α-hetero) is 2.